The lowest BCUT2D eigenvalue weighted by Gasteiger charge is -2.19. The minimum absolute atomic E-state index is 0.0725. The van der Waals surface area contributed by atoms with Gasteiger partial charge in [0.05, 0.1) is 24.2 Å². The van der Waals surface area contributed by atoms with Gasteiger partial charge in [-0.15, -0.1) is 11.3 Å². The molecule has 2 aromatic rings. The molecule has 0 saturated carbocycles. The fourth-order valence-corrected chi connectivity index (χ4v) is 3.55. The minimum atomic E-state index is -1.03. The van der Waals surface area contributed by atoms with Crippen LogP contribution in [0.1, 0.15) is 63.9 Å². The second-order valence-electron chi connectivity index (χ2n) is 6.43. The number of thiazole rings is 1. The van der Waals surface area contributed by atoms with Crippen molar-refractivity contribution in [3.63, 3.8) is 0 Å². The summed E-state index contributed by atoms with van der Waals surface area (Å²) in [5, 5.41) is 15.3. The normalized spacial score (nSPS) is 12.9. The summed E-state index contributed by atoms with van der Waals surface area (Å²) in [6.45, 7) is 6.75. The molecule has 2 amide bonds. The van der Waals surface area contributed by atoms with Crippen molar-refractivity contribution in [3.05, 3.63) is 51.0 Å². The first-order chi connectivity index (χ1) is 12.7. The molecule has 1 heterocycles. The molecule has 2 atom stereocenters. The number of hydrogen-bond donors (Lipinski definition) is 3. The second kappa shape index (κ2) is 8.77. The molecule has 3 N–H and O–H groups in total. The number of rotatable bonds is 7. The molecule has 1 aromatic carbocycles. The van der Waals surface area contributed by atoms with Gasteiger partial charge in [-0.25, -0.2) is 9.78 Å². The number of aromatic nitrogens is 1. The Balaban J connectivity index is 2.08. The standard InChI is InChI=1S/C19H23N3O4S/c1-10-5-7-14(8-6-10)15(22-13(4)23)9-16(24)20-12(3)18-21-11(2)17(27-18)19(25)26/h5-8,12,15H,9H2,1-4H3,(H,20,24)(H,22,23)(H,25,26). The van der Waals surface area contributed by atoms with E-state index < -0.39 is 18.1 Å². The van der Waals surface area contributed by atoms with E-state index in [1.165, 1.54) is 6.92 Å². The Hall–Kier alpha value is -2.74. The molecule has 27 heavy (non-hydrogen) atoms. The molecule has 7 nitrogen and oxygen atoms in total. The quantitative estimate of drug-likeness (QED) is 0.675. The SMILES string of the molecule is CC(=O)NC(CC(=O)NC(C)c1nc(C)c(C(=O)O)s1)c1ccc(C)cc1. The van der Waals surface area contributed by atoms with Gasteiger partial charge < -0.3 is 15.7 Å². The summed E-state index contributed by atoms with van der Waals surface area (Å²) in [5.74, 6) is -1.51. The van der Waals surface area contributed by atoms with Crippen LogP contribution in [-0.4, -0.2) is 27.9 Å². The zero-order chi connectivity index (χ0) is 20.1. The van der Waals surface area contributed by atoms with E-state index in [1.807, 2.05) is 31.2 Å². The van der Waals surface area contributed by atoms with Crippen molar-refractivity contribution < 1.29 is 19.5 Å². The number of carboxylic acid groups (broad SMARTS) is 1. The number of aromatic carboxylic acids is 1. The molecule has 0 aliphatic rings. The molecule has 1 aromatic heterocycles. The predicted octanol–water partition coefficient (Wildman–Crippen LogP) is 2.90. The molecule has 144 valence electrons. The van der Waals surface area contributed by atoms with Crippen molar-refractivity contribution in [2.24, 2.45) is 0 Å². The summed E-state index contributed by atoms with van der Waals surface area (Å²) >= 11 is 1.05. The fraction of sp³-hybridized carbons (Fsp3) is 0.368. The largest absolute Gasteiger partial charge is 0.477 e. The van der Waals surface area contributed by atoms with Gasteiger partial charge in [-0.3, -0.25) is 9.59 Å². The van der Waals surface area contributed by atoms with Gasteiger partial charge in [0, 0.05) is 6.92 Å². The molecule has 0 aliphatic carbocycles. The molecule has 0 radical (unpaired) electrons. The van der Waals surface area contributed by atoms with E-state index >= 15 is 0 Å². The average Bonchev–Trinajstić information content (AvgIpc) is 2.96. The Labute approximate surface area is 161 Å². The number of nitrogens with one attached hydrogen (secondary N) is 2. The van der Waals surface area contributed by atoms with E-state index in [9.17, 15) is 14.4 Å². The molecule has 0 spiro atoms. The maximum absolute atomic E-state index is 12.5. The first-order valence-electron chi connectivity index (χ1n) is 8.51. The first-order valence-corrected chi connectivity index (χ1v) is 9.32. The van der Waals surface area contributed by atoms with Crippen LogP contribution in [0.4, 0.5) is 0 Å². The summed E-state index contributed by atoms with van der Waals surface area (Å²) in [6.07, 6.45) is 0.0725. The lowest BCUT2D eigenvalue weighted by molar-refractivity contribution is -0.123. The van der Waals surface area contributed by atoms with Crippen molar-refractivity contribution in [3.8, 4) is 0 Å². The predicted molar refractivity (Wildman–Crippen MR) is 103 cm³/mol. The fourth-order valence-electron chi connectivity index (χ4n) is 2.64. The van der Waals surface area contributed by atoms with Crippen molar-refractivity contribution >= 4 is 29.1 Å². The van der Waals surface area contributed by atoms with E-state index in [0.717, 1.165) is 22.5 Å². The van der Waals surface area contributed by atoms with Crippen molar-refractivity contribution in [1.82, 2.24) is 15.6 Å². The number of carboxylic acids is 1. The van der Waals surface area contributed by atoms with E-state index in [0.29, 0.717) is 10.7 Å². The highest BCUT2D eigenvalue weighted by Gasteiger charge is 2.22. The smallest absolute Gasteiger partial charge is 0.347 e. The molecular weight excluding hydrogens is 366 g/mol. The number of amides is 2. The molecule has 0 fully saturated rings. The second-order valence-corrected chi connectivity index (χ2v) is 7.46. The summed E-state index contributed by atoms with van der Waals surface area (Å²) in [7, 11) is 0. The summed E-state index contributed by atoms with van der Waals surface area (Å²) in [4.78, 5) is 39.6. The molecular formula is C19H23N3O4S. The van der Waals surface area contributed by atoms with Crippen molar-refractivity contribution in [2.45, 2.75) is 46.2 Å². The highest BCUT2D eigenvalue weighted by atomic mass is 32.1. The molecule has 0 bridgehead atoms. The van der Waals surface area contributed by atoms with Crippen LogP contribution in [0.2, 0.25) is 0 Å². The van der Waals surface area contributed by atoms with Gasteiger partial charge in [0.2, 0.25) is 11.8 Å². The third-order valence-electron chi connectivity index (χ3n) is 4.00. The Morgan fingerprint density at radius 1 is 1.15 bits per heavy atom. The van der Waals surface area contributed by atoms with Gasteiger partial charge in [0.25, 0.3) is 0 Å². The number of carbonyl (C=O) groups is 3. The number of hydrogen-bond acceptors (Lipinski definition) is 5. The summed E-state index contributed by atoms with van der Waals surface area (Å²) < 4.78 is 0. The van der Waals surface area contributed by atoms with Crippen LogP contribution in [0.25, 0.3) is 0 Å². The maximum Gasteiger partial charge on any atom is 0.347 e. The molecule has 0 saturated heterocycles. The number of nitrogens with zero attached hydrogens (tertiary/aromatic N) is 1. The summed E-state index contributed by atoms with van der Waals surface area (Å²) in [6, 6.07) is 6.76. The highest BCUT2D eigenvalue weighted by molar-refractivity contribution is 7.13. The zero-order valence-electron chi connectivity index (χ0n) is 15.7. The lowest BCUT2D eigenvalue weighted by atomic mass is 10.0. The molecule has 2 rings (SSSR count). The van der Waals surface area contributed by atoms with Gasteiger partial charge in [-0.1, -0.05) is 29.8 Å². The van der Waals surface area contributed by atoms with Crippen LogP contribution >= 0.6 is 11.3 Å². The number of carbonyl (C=O) groups excluding carboxylic acids is 2. The highest BCUT2D eigenvalue weighted by Crippen LogP contribution is 2.24. The number of aryl methyl sites for hydroxylation is 2. The monoisotopic (exact) mass is 389 g/mol. The van der Waals surface area contributed by atoms with Gasteiger partial charge >= 0.3 is 5.97 Å². The molecule has 0 aliphatic heterocycles. The van der Waals surface area contributed by atoms with Crippen LogP contribution in [0.5, 0.6) is 0 Å². The van der Waals surface area contributed by atoms with Crippen LogP contribution in [0.15, 0.2) is 24.3 Å². The molecule has 2 unspecified atom stereocenters. The van der Waals surface area contributed by atoms with E-state index in [4.69, 9.17) is 5.11 Å². The van der Waals surface area contributed by atoms with E-state index in [2.05, 4.69) is 15.6 Å². The van der Waals surface area contributed by atoms with E-state index in [1.54, 1.807) is 13.8 Å². The van der Waals surface area contributed by atoms with E-state index in [-0.39, 0.29) is 23.1 Å². The van der Waals surface area contributed by atoms with Crippen molar-refractivity contribution in [2.75, 3.05) is 0 Å². The summed E-state index contributed by atoms with van der Waals surface area (Å²) in [5.41, 5.74) is 2.36. The zero-order valence-corrected chi connectivity index (χ0v) is 16.5. The third kappa shape index (κ3) is 5.62. The number of benzene rings is 1. The molecule has 8 heteroatoms. The van der Waals surface area contributed by atoms with Crippen molar-refractivity contribution in [1.29, 1.82) is 0 Å². The van der Waals surface area contributed by atoms with Crippen LogP contribution < -0.4 is 10.6 Å². The maximum atomic E-state index is 12.5. The average molecular weight is 389 g/mol. The third-order valence-corrected chi connectivity index (χ3v) is 5.33. The Bertz CT molecular complexity index is 845. The minimum Gasteiger partial charge on any atom is -0.477 e. The Morgan fingerprint density at radius 3 is 2.30 bits per heavy atom. The Kier molecular flexibility index (Phi) is 6.68. The van der Waals surface area contributed by atoms with Gasteiger partial charge in [0.1, 0.15) is 9.88 Å². The first kappa shape index (κ1) is 20.6. The Morgan fingerprint density at radius 2 is 1.78 bits per heavy atom. The van der Waals surface area contributed by atoms with Crippen LogP contribution in [0, 0.1) is 13.8 Å². The van der Waals surface area contributed by atoms with Gasteiger partial charge in [0.15, 0.2) is 0 Å². The lowest BCUT2D eigenvalue weighted by Crippen LogP contribution is -2.33. The van der Waals surface area contributed by atoms with Crippen LogP contribution in [-0.2, 0) is 9.59 Å². The topological polar surface area (TPSA) is 108 Å². The van der Waals surface area contributed by atoms with Gasteiger partial charge in [-0.05, 0) is 26.3 Å². The van der Waals surface area contributed by atoms with Crippen LogP contribution in [0.3, 0.4) is 0 Å². The van der Waals surface area contributed by atoms with Gasteiger partial charge in [-0.2, -0.15) is 0 Å².